The average Bonchev–Trinajstić information content (AvgIpc) is 2.97. The van der Waals surface area contributed by atoms with E-state index in [1.165, 1.54) is 6.33 Å². The van der Waals surface area contributed by atoms with Gasteiger partial charge in [-0.1, -0.05) is 0 Å². The molecule has 0 amide bonds. The minimum absolute atomic E-state index is 0.0857. The molecule has 1 aromatic heterocycles. The Labute approximate surface area is 112 Å². The molecular weight excluding hydrogens is 244 g/mol. The Morgan fingerprint density at radius 3 is 2.74 bits per heavy atom. The van der Waals surface area contributed by atoms with Crippen LogP contribution < -0.4 is 14.8 Å². The number of hydrogen-bond acceptors (Lipinski definition) is 5. The zero-order valence-corrected chi connectivity index (χ0v) is 11.3. The molecule has 1 aromatic carbocycles. The number of aromatic nitrogens is 3. The van der Waals surface area contributed by atoms with Crippen LogP contribution in [-0.4, -0.2) is 36.0 Å². The van der Waals surface area contributed by atoms with Gasteiger partial charge in [-0.15, -0.1) is 0 Å². The number of methoxy groups -OCH3 is 2. The van der Waals surface area contributed by atoms with Crippen molar-refractivity contribution in [3.05, 3.63) is 36.4 Å². The van der Waals surface area contributed by atoms with Crippen LogP contribution in [0.3, 0.4) is 0 Å². The molecule has 0 aliphatic rings. The largest absolute Gasteiger partial charge is 0.497 e. The number of nitrogens with zero attached hydrogens (tertiary/aromatic N) is 3. The van der Waals surface area contributed by atoms with Gasteiger partial charge in [-0.05, 0) is 19.2 Å². The summed E-state index contributed by atoms with van der Waals surface area (Å²) in [5.74, 6) is 1.56. The predicted octanol–water partition coefficient (Wildman–Crippen LogP) is 1.26. The molecule has 6 heteroatoms. The van der Waals surface area contributed by atoms with Crippen LogP contribution in [0.15, 0.2) is 30.9 Å². The first kappa shape index (κ1) is 13.4. The van der Waals surface area contributed by atoms with Gasteiger partial charge in [-0.2, -0.15) is 5.10 Å². The van der Waals surface area contributed by atoms with E-state index in [1.54, 1.807) is 25.2 Å². The van der Waals surface area contributed by atoms with E-state index in [0.29, 0.717) is 6.54 Å². The van der Waals surface area contributed by atoms with E-state index >= 15 is 0 Å². The van der Waals surface area contributed by atoms with Crippen LogP contribution in [0.1, 0.15) is 11.6 Å². The smallest absolute Gasteiger partial charge is 0.137 e. The van der Waals surface area contributed by atoms with Gasteiger partial charge in [0.1, 0.15) is 24.2 Å². The number of rotatable bonds is 6. The van der Waals surface area contributed by atoms with Gasteiger partial charge >= 0.3 is 0 Å². The Balaban J connectivity index is 2.26. The Hall–Kier alpha value is -2.08. The number of hydrogen-bond donors (Lipinski definition) is 1. The van der Waals surface area contributed by atoms with E-state index in [9.17, 15) is 0 Å². The fourth-order valence-electron chi connectivity index (χ4n) is 1.97. The zero-order chi connectivity index (χ0) is 13.7. The molecular formula is C13H18N4O2. The summed E-state index contributed by atoms with van der Waals surface area (Å²) in [5.41, 5.74) is 1.06. The van der Waals surface area contributed by atoms with Gasteiger partial charge in [0.2, 0.25) is 0 Å². The maximum Gasteiger partial charge on any atom is 0.137 e. The lowest BCUT2D eigenvalue weighted by Crippen LogP contribution is -2.22. The molecule has 0 aliphatic heterocycles. The molecule has 102 valence electrons. The molecule has 2 rings (SSSR count). The van der Waals surface area contributed by atoms with E-state index in [2.05, 4.69) is 15.4 Å². The Bertz CT molecular complexity index is 513. The molecule has 0 bridgehead atoms. The average molecular weight is 262 g/mol. The van der Waals surface area contributed by atoms with Crippen molar-refractivity contribution in [3.8, 4) is 11.5 Å². The monoisotopic (exact) mass is 262 g/mol. The third-order valence-electron chi connectivity index (χ3n) is 3.00. The van der Waals surface area contributed by atoms with Gasteiger partial charge < -0.3 is 14.8 Å². The Morgan fingerprint density at radius 1 is 1.32 bits per heavy atom. The highest BCUT2D eigenvalue weighted by Crippen LogP contribution is 2.29. The van der Waals surface area contributed by atoms with E-state index in [-0.39, 0.29) is 6.04 Å². The highest BCUT2D eigenvalue weighted by atomic mass is 16.5. The third kappa shape index (κ3) is 3.03. The van der Waals surface area contributed by atoms with Crippen LogP contribution >= 0.6 is 0 Å². The highest BCUT2D eigenvalue weighted by molar-refractivity contribution is 5.42. The van der Waals surface area contributed by atoms with Crippen molar-refractivity contribution in [3.63, 3.8) is 0 Å². The molecule has 1 N–H and O–H groups in total. The second kappa shape index (κ2) is 6.19. The quantitative estimate of drug-likeness (QED) is 0.849. The lowest BCUT2D eigenvalue weighted by atomic mass is 10.1. The maximum atomic E-state index is 5.42. The van der Waals surface area contributed by atoms with Gasteiger partial charge in [-0.25, -0.2) is 4.98 Å². The van der Waals surface area contributed by atoms with Gasteiger partial charge in [0.15, 0.2) is 0 Å². The summed E-state index contributed by atoms with van der Waals surface area (Å²) in [4.78, 5) is 3.95. The van der Waals surface area contributed by atoms with E-state index in [1.807, 2.05) is 25.2 Å². The Kier molecular flexibility index (Phi) is 4.35. The number of benzene rings is 1. The summed E-state index contributed by atoms with van der Waals surface area (Å²) in [6, 6.07) is 5.88. The Morgan fingerprint density at radius 2 is 2.16 bits per heavy atom. The van der Waals surface area contributed by atoms with Crippen molar-refractivity contribution < 1.29 is 9.47 Å². The lowest BCUT2D eigenvalue weighted by Gasteiger charge is -2.19. The fraction of sp³-hybridized carbons (Fsp3) is 0.385. The first-order chi connectivity index (χ1) is 9.28. The maximum absolute atomic E-state index is 5.42. The molecule has 2 aromatic rings. The van der Waals surface area contributed by atoms with Crippen LogP contribution in [0, 0.1) is 0 Å². The van der Waals surface area contributed by atoms with Gasteiger partial charge in [0.25, 0.3) is 0 Å². The molecule has 0 saturated carbocycles. The summed E-state index contributed by atoms with van der Waals surface area (Å²) in [7, 11) is 5.20. The molecule has 0 fully saturated rings. The molecule has 0 spiro atoms. The van der Waals surface area contributed by atoms with Gasteiger partial charge in [0.05, 0.1) is 26.8 Å². The number of ether oxygens (including phenoxy) is 2. The number of nitrogens with one attached hydrogen (secondary N) is 1. The van der Waals surface area contributed by atoms with Crippen molar-refractivity contribution in [1.82, 2.24) is 20.1 Å². The third-order valence-corrected chi connectivity index (χ3v) is 3.00. The van der Waals surface area contributed by atoms with E-state index in [4.69, 9.17) is 9.47 Å². The molecule has 0 saturated heterocycles. The second-order valence-electron chi connectivity index (χ2n) is 4.07. The standard InChI is InChI=1S/C13H18N4O2/c1-14-12(7-17-9-15-8-16-17)11-5-4-10(18-2)6-13(11)19-3/h4-6,8-9,12,14H,7H2,1-3H3. The van der Waals surface area contributed by atoms with E-state index < -0.39 is 0 Å². The first-order valence-electron chi connectivity index (χ1n) is 6.00. The molecule has 6 nitrogen and oxygen atoms in total. The topological polar surface area (TPSA) is 61.2 Å². The van der Waals surface area contributed by atoms with Crippen LogP contribution in [0.5, 0.6) is 11.5 Å². The minimum atomic E-state index is 0.0857. The minimum Gasteiger partial charge on any atom is -0.497 e. The summed E-state index contributed by atoms with van der Waals surface area (Å²) < 4.78 is 12.4. The van der Waals surface area contributed by atoms with Crippen LogP contribution in [0.25, 0.3) is 0 Å². The van der Waals surface area contributed by atoms with Crippen LogP contribution in [-0.2, 0) is 6.54 Å². The summed E-state index contributed by atoms with van der Waals surface area (Å²) in [6.45, 7) is 0.680. The van der Waals surface area contributed by atoms with Crippen LogP contribution in [0.2, 0.25) is 0 Å². The van der Waals surface area contributed by atoms with Crippen molar-refractivity contribution >= 4 is 0 Å². The molecule has 1 unspecified atom stereocenters. The van der Waals surface area contributed by atoms with E-state index in [0.717, 1.165) is 17.1 Å². The lowest BCUT2D eigenvalue weighted by molar-refractivity contribution is 0.378. The molecule has 1 atom stereocenters. The van der Waals surface area contributed by atoms with Crippen molar-refractivity contribution in [2.45, 2.75) is 12.6 Å². The molecule has 0 aliphatic carbocycles. The predicted molar refractivity (Wildman–Crippen MR) is 71.4 cm³/mol. The summed E-state index contributed by atoms with van der Waals surface area (Å²) >= 11 is 0. The molecule has 0 radical (unpaired) electrons. The summed E-state index contributed by atoms with van der Waals surface area (Å²) in [6.07, 6.45) is 3.22. The van der Waals surface area contributed by atoms with Crippen molar-refractivity contribution in [2.75, 3.05) is 21.3 Å². The van der Waals surface area contributed by atoms with Gasteiger partial charge in [0, 0.05) is 11.6 Å². The SMILES string of the molecule is CNC(Cn1cncn1)c1ccc(OC)cc1OC. The van der Waals surface area contributed by atoms with Crippen LogP contribution in [0.4, 0.5) is 0 Å². The zero-order valence-electron chi connectivity index (χ0n) is 11.3. The first-order valence-corrected chi connectivity index (χ1v) is 6.00. The normalized spacial score (nSPS) is 12.2. The summed E-state index contributed by atoms with van der Waals surface area (Å²) in [5, 5.41) is 7.38. The van der Waals surface area contributed by atoms with Crippen molar-refractivity contribution in [1.29, 1.82) is 0 Å². The molecule has 1 heterocycles. The van der Waals surface area contributed by atoms with Gasteiger partial charge in [-0.3, -0.25) is 4.68 Å². The highest BCUT2D eigenvalue weighted by Gasteiger charge is 2.16. The second-order valence-corrected chi connectivity index (χ2v) is 4.07. The molecule has 19 heavy (non-hydrogen) atoms. The number of likely N-dealkylation sites (N-methyl/N-ethyl adjacent to an activating group) is 1. The van der Waals surface area contributed by atoms with Crippen molar-refractivity contribution in [2.24, 2.45) is 0 Å². The fourth-order valence-corrected chi connectivity index (χ4v) is 1.97.